The number of nitrogens with two attached hydrogens (primary N) is 1. The molecule has 2 aliphatic rings. The van der Waals surface area contributed by atoms with Crippen LogP contribution in [0.5, 0.6) is 0 Å². The minimum Gasteiger partial charge on any atom is -0.354 e. The van der Waals surface area contributed by atoms with Crippen LogP contribution in [-0.4, -0.2) is 18.0 Å². The molecule has 0 aromatic heterocycles. The molecule has 0 heterocycles. The van der Waals surface area contributed by atoms with Gasteiger partial charge in [-0.1, -0.05) is 45.4 Å². The molecule has 2 atom stereocenters. The second kappa shape index (κ2) is 6.05. The summed E-state index contributed by atoms with van der Waals surface area (Å²) >= 11 is 0. The zero-order chi connectivity index (χ0) is 13.0. The molecule has 3 N–H and O–H groups in total. The van der Waals surface area contributed by atoms with E-state index in [1.807, 2.05) is 0 Å². The first-order valence-corrected chi connectivity index (χ1v) is 7.67. The topological polar surface area (TPSA) is 55.1 Å². The number of carbonyl (C=O) groups is 1. The molecule has 2 fully saturated rings. The average molecular weight is 252 g/mol. The molecule has 0 spiro atoms. The summed E-state index contributed by atoms with van der Waals surface area (Å²) in [7, 11) is 0. The van der Waals surface area contributed by atoms with E-state index in [4.69, 9.17) is 5.73 Å². The first-order valence-electron chi connectivity index (χ1n) is 7.67. The second-order valence-electron chi connectivity index (χ2n) is 6.55. The first-order chi connectivity index (χ1) is 8.60. The molecule has 2 aliphatic carbocycles. The van der Waals surface area contributed by atoms with Crippen LogP contribution >= 0.6 is 0 Å². The Kier molecular flexibility index (Phi) is 4.66. The second-order valence-corrected chi connectivity index (χ2v) is 6.55. The maximum atomic E-state index is 12.2. The van der Waals surface area contributed by atoms with Crippen LogP contribution in [0.15, 0.2) is 0 Å². The predicted octanol–water partition coefficient (Wildman–Crippen LogP) is 2.59. The van der Waals surface area contributed by atoms with Gasteiger partial charge in [0, 0.05) is 6.54 Å². The number of hydrogen-bond acceptors (Lipinski definition) is 2. The van der Waals surface area contributed by atoms with Crippen molar-refractivity contribution in [2.75, 3.05) is 6.54 Å². The van der Waals surface area contributed by atoms with E-state index in [0.717, 1.165) is 38.1 Å². The minimum atomic E-state index is -0.590. The molecule has 0 bridgehead atoms. The van der Waals surface area contributed by atoms with Crippen LogP contribution < -0.4 is 11.1 Å². The van der Waals surface area contributed by atoms with Gasteiger partial charge >= 0.3 is 0 Å². The molecule has 1 amide bonds. The Bertz CT molecular complexity index is 286. The molecule has 0 aromatic carbocycles. The Balaban J connectivity index is 1.72. The number of nitrogens with one attached hydrogen (secondary N) is 1. The summed E-state index contributed by atoms with van der Waals surface area (Å²) in [6, 6.07) is 0. The van der Waals surface area contributed by atoms with E-state index in [-0.39, 0.29) is 5.91 Å². The van der Waals surface area contributed by atoms with Gasteiger partial charge in [0.1, 0.15) is 0 Å². The molecule has 2 saturated carbocycles. The normalized spacial score (nSPS) is 33.6. The summed E-state index contributed by atoms with van der Waals surface area (Å²) in [4.78, 5) is 12.2. The minimum absolute atomic E-state index is 0.0899. The lowest BCUT2D eigenvalue weighted by Crippen LogP contribution is -2.56. The van der Waals surface area contributed by atoms with Crippen LogP contribution in [0.4, 0.5) is 0 Å². The summed E-state index contributed by atoms with van der Waals surface area (Å²) < 4.78 is 0. The lowest BCUT2D eigenvalue weighted by molar-refractivity contribution is -0.128. The molecule has 104 valence electrons. The smallest absolute Gasteiger partial charge is 0.240 e. The van der Waals surface area contributed by atoms with E-state index in [0.29, 0.717) is 5.92 Å². The fourth-order valence-electron chi connectivity index (χ4n) is 3.66. The van der Waals surface area contributed by atoms with Gasteiger partial charge in [0.15, 0.2) is 0 Å². The van der Waals surface area contributed by atoms with Crippen LogP contribution in [0.1, 0.15) is 64.7 Å². The standard InChI is InChI=1S/C15H28N2O/c1-12-5-4-9-15(16,11-12)14(18)17-10-8-13-6-2-3-7-13/h12-13H,2-11,16H2,1H3,(H,17,18). The van der Waals surface area contributed by atoms with Crippen LogP contribution in [0.3, 0.4) is 0 Å². The Hall–Kier alpha value is -0.570. The van der Waals surface area contributed by atoms with E-state index in [1.54, 1.807) is 0 Å². The molecule has 0 saturated heterocycles. The number of hydrogen-bond donors (Lipinski definition) is 2. The van der Waals surface area contributed by atoms with Gasteiger partial charge in [0.2, 0.25) is 5.91 Å². The van der Waals surface area contributed by atoms with E-state index >= 15 is 0 Å². The molecule has 3 nitrogen and oxygen atoms in total. The fraction of sp³-hybridized carbons (Fsp3) is 0.933. The quantitative estimate of drug-likeness (QED) is 0.808. The van der Waals surface area contributed by atoms with E-state index in [1.165, 1.54) is 32.1 Å². The van der Waals surface area contributed by atoms with Crippen molar-refractivity contribution in [1.82, 2.24) is 5.32 Å². The molecule has 0 aromatic rings. The third-order valence-electron chi connectivity index (χ3n) is 4.80. The van der Waals surface area contributed by atoms with Gasteiger partial charge in [-0.2, -0.15) is 0 Å². The lowest BCUT2D eigenvalue weighted by atomic mass is 9.76. The van der Waals surface area contributed by atoms with Gasteiger partial charge in [-0.3, -0.25) is 4.79 Å². The van der Waals surface area contributed by atoms with Crippen LogP contribution in [0.2, 0.25) is 0 Å². The molecular formula is C15H28N2O. The van der Waals surface area contributed by atoms with Crippen molar-refractivity contribution in [3.8, 4) is 0 Å². The predicted molar refractivity (Wildman–Crippen MR) is 74.1 cm³/mol. The molecule has 18 heavy (non-hydrogen) atoms. The summed E-state index contributed by atoms with van der Waals surface area (Å²) in [5.41, 5.74) is 5.69. The third-order valence-corrected chi connectivity index (χ3v) is 4.80. The van der Waals surface area contributed by atoms with Crippen molar-refractivity contribution < 1.29 is 4.79 Å². The van der Waals surface area contributed by atoms with Crippen molar-refractivity contribution in [2.24, 2.45) is 17.6 Å². The van der Waals surface area contributed by atoms with Crippen molar-refractivity contribution in [3.05, 3.63) is 0 Å². The van der Waals surface area contributed by atoms with Gasteiger partial charge in [-0.25, -0.2) is 0 Å². The summed E-state index contributed by atoms with van der Waals surface area (Å²) in [5.74, 6) is 1.51. The fourth-order valence-corrected chi connectivity index (χ4v) is 3.66. The highest BCUT2D eigenvalue weighted by Gasteiger charge is 2.37. The van der Waals surface area contributed by atoms with Gasteiger partial charge in [0.05, 0.1) is 5.54 Å². The SMILES string of the molecule is CC1CCCC(N)(C(=O)NCCC2CCCC2)C1. The first kappa shape index (κ1) is 13.9. The Morgan fingerprint density at radius 2 is 2.00 bits per heavy atom. The number of rotatable bonds is 4. The molecule has 3 heteroatoms. The van der Waals surface area contributed by atoms with E-state index in [2.05, 4.69) is 12.2 Å². The van der Waals surface area contributed by atoms with Crippen molar-refractivity contribution in [2.45, 2.75) is 70.3 Å². The lowest BCUT2D eigenvalue weighted by Gasteiger charge is -2.35. The van der Waals surface area contributed by atoms with Gasteiger partial charge in [0.25, 0.3) is 0 Å². The zero-order valence-electron chi connectivity index (χ0n) is 11.7. The summed E-state index contributed by atoms with van der Waals surface area (Å²) in [6.07, 6.45) is 10.6. The highest BCUT2D eigenvalue weighted by Crippen LogP contribution is 2.31. The van der Waals surface area contributed by atoms with Crippen LogP contribution in [-0.2, 0) is 4.79 Å². The van der Waals surface area contributed by atoms with Crippen molar-refractivity contribution in [3.63, 3.8) is 0 Å². The highest BCUT2D eigenvalue weighted by atomic mass is 16.2. The maximum absolute atomic E-state index is 12.2. The Labute approximate surface area is 111 Å². The Morgan fingerprint density at radius 1 is 1.28 bits per heavy atom. The summed E-state index contributed by atoms with van der Waals surface area (Å²) in [5, 5.41) is 3.08. The van der Waals surface area contributed by atoms with E-state index in [9.17, 15) is 4.79 Å². The van der Waals surface area contributed by atoms with Gasteiger partial charge in [-0.05, 0) is 31.1 Å². The maximum Gasteiger partial charge on any atom is 0.240 e. The highest BCUT2D eigenvalue weighted by molar-refractivity contribution is 5.86. The average Bonchev–Trinajstić information content (AvgIpc) is 2.81. The largest absolute Gasteiger partial charge is 0.354 e. The van der Waals surface area contributed by atoms with Gasteiger partial charge in [-0.15, -0.1) is 0 Å². The number of amides is 1. The molecule has 2 unspecified atom stereocenters. The Morgan fingerprint density at radius 3 is 2.67 bits per heavy atom. The molecule has 0 aliphatic heterocycles. The zero-order valence-corrected chi connectivity index (χ0v) is 11.7. The van der Waals surface area contributed by atoms with E-state index < -0.39 is 5.54 Å². The monoisotopic (exact) mass is 252 g/mol. The third kappa shape index (κ3) is 3.47. The van der Waals surface area contributed by atoms with Gasteiger partial charge < -0.3 is 11.1 Å². The molecule has 2 rings (SSSR count). The number of carbonyl (C=O) groups excluding carboxylic acids is 1. The molecular weight excluding hydrogens is 224 g/mol. The van der Waals surface area contributed by atoms with Crippen molar-refractivity contribution in [1.29, 1.82) is 0 Å². The molecule has 0 radical (unpaired) electrons. The van der Waals surface area contributed by atoms with Crippen LogP contribution in [0, 0.1) is 11.8 Å². The van der Waals surface area contributed by atoms with Crippen molar-refractivity contribution >= 4 is 5.91 Å². The van der Waals surface area contributed by atoms with Crippen LogP contribution in [0.25, 0.3) is 0 Å². The summed E-state index contributed by atoms with van der Waals surface area (Å²) in [6.45, 7) is 3.02.